The summed E-state index contributed by atoms with van der Waals surface area (Å²) in [6.07, 6.45) is 1.56. The van der Waals surface area contributed by atoms with Crippen molar-refractivity contribution in [3.63, 3.8) is 0 Å². The molecule has 3 aromatic rings. The Morgan fingerprint density at radius 3 is 2.59 bits per heavy atom. The van der Waals surface area contributed by atoms with Gasteiger partial charge in [0, 0.05) is 17.4 Å². The first-order valence-electron chi connectivity index (χ1n) is 8.94. The molecule has 0 bridgehead atoms. The lowest BCUT2D eigenvalue weighted by molar-refractivity contribution is -0.115. The van der Waals surface area contributed by atoms with Crippen LogP contribution < -0.4 is 10.6 Å². The van der Waals surface area contributed by atoms with Crippen LogP contribution in [0.15, 0.2) is 51.7 Å². The van der Waals surface area contributed by atoms with E-state index >= 15 is 0 Å². The molecule has 2 N–H and O–H groups in total. The molecule has 0 unspecified atom stereocenters. The molecule has 1 aromatic heterocycles. The van der Waals surface area contributed by atoms with Gasteiger partial charge in [-0.1, -0.05) is 41.3 Å². The molecule has 162 valence electrons. The molecule has 7 nitrogen and oxygen atoms in total. The number of benzene rings is 2. The first kappa shape index (κ1) is 22.1. The monoisotopic (exact) mass is 490 g/mol. The zero-order valence-electron chi connectivity index (χ0n) is 15.9. The van der Waals surface area contributed by atoms with Crippen molar-refractivity contribution in [2.24, 2.45) is 0 Å². The minimum Gasteiger partial charge on any atom is -0.296 e. The number of carbonyl (C=O) groups excluding carboxylic acids is 3. The Balaban J connectivity index is 1.35. The van der Waals surface area contributed by atoms with Crippen LogP contribution in [0.1, 0.15) is 21.5 Å². The van der Waals surface area contributed by atoms with Crippen LogP contribution in [0.25, 0.3) is 6.08 Å². The third-order valence-electron chi connectivity index (χ3n) is 4.11. The van der Waals surface area contributed by atoms with Crippen LogP contribution in [0.3, 0.4) is 0 Å². The van der Waals surface area contributed by atoms with Gasteiger partial charge < -0.3 is 0 Å². The fourth-order valence-electron chi connectivity index (χ4n) is 2.57. The first-order valence-corrected chi connectivity index (χ1v) is 11.6. The fraction of sp³-hybridized carbons (Fsp3) is 0.0500. The maximum atomic E-state index is 13.7. The molecule has 1 aliphatic heterocycles. The SMILES string of the molecule is O=C1NC(=O)/C(=C/c2ccc(C(=O)Nc3nnc(SCc4ccc(F)cc4F)s3)cc2)S1. The van der Waals surface area contributed by atoms with E-state index in [0.29, 0.717) is 21.0 Å². The predicted octanol–water partition coefficient (Wildman–Crippen LogP) is 4.68. The molecular formula is C20H12F2N4O3S3. The number of anilines is 1. The third-order valence-corrected chi connectivity index (χ3v) is 6.94. The molecule has 3 amide bonds. The minimum absolute atomic E-state index is 0.244. The summed E-state index contributed by atoms with van der Waals surface area (Å²) in [4.78, 5) is 35.5. The lowest BCUT2D eigenvalue weighted by Crippen LogP contribution is -2.17. The second-order valence-electron chi connectivity index (χ2n) is 6.33. The summed E-state index contributed by atoms with van der Waals surface area (Å²) >= 11 is 3.17. The Hall–Kier alpha value is -3.09. The summed E-state index contributed by atoms with van der Waals surface area (Å²) in [5.41, 5.74) is 1.37. The van der Waals surface area contributed by atoms with Crippen LogP contribution in [0.2, 0.25) is 0 Å². The number of thioether (sulfide) groups is 2. The van der Waals surface area contributed by atoms with Gasteiger partial charge in [-0.05, 0) is 47.2 Å². The van der Waals surface area contributed by atoms with Crippen LogP contribution in [0.4, 0.5) is 18.7 Å². The zero-order chi connectivity index (χ0) is 22.7. The van der Waals surface area contributed by atoms with Crippen LogP contribution >= 0.6 is 34.9 Å². The number of amides is 3. The average Bonchev–Trinajstić information content (AvgIpc) is 3.33. The molecule has 32 heavy (non-hydrogen) atoms. The van der Waals surface area contributed by atoms with Crippen molar-refractivity contribution < 1.29 is 23.2 Å². The number of nitrogens with zero attached hydrogens (tertiary/aromatic N) is 2. The highest BCUT2D eigenvalue weighted by Crippen LogP contribution is 2.29. The van der Waals surface area contributed by atoms with Gasteiger partial charge in [0.05, 0.1) is 4.91 Å². The zero-order valence-corrected chi connectivity index (χ0v) is 18.4. The van der Waals surface area contributed by atoms with Crippen LogP contribution in [0, 0.1) is 11.6 Å². The highest BCUT2D eigenvalue weighted by atomic mass is 32.2. The fourth-order valence-corrected chi connectivity index (χ4v) is 4.98. The number of carbonyl (C=O) groups is 3. The Morgan fingerprint density at radius 1 is 1.12 bits per heavy atom. The Bertz CT molecular complexity index is 1250. The highest BCUT2D eigenvalue weighted by molar-refractivity contribution is 8.18. The Labute approximate surface area is 192 Å². The molecule has 0 spiro atoms. The molecule has 0 saturated carbocycles. The molecule has 0 radical (unpaired) electrons. The number of hydrogen-bond donors (Lipinski definition) is 2. The lowest BCUT2D eigenvalue weighted by atomic mass is 10.1. The van der Waals surface area contributed by atoms with E-state index in [1.165, 1.54) is 23.9 Å². The standard InChI is InChI=1S/C20H12F2N4O3S3/c21-13-6-5-12(14(22)8-13)9-30-20-26-25-18(32-20)23-16(27)11-3-1-10(2-4-11)7-15-17(28)24-19(29)31-15/h1-8H,9H2,(H,23,25,27)(H,24,28,29)/b15-7-. The molecule has 0 atom stereocenters. The molecule has 12 heteroatoms. The molecule has 0 aliphatic carbocycles. The van der Waals surface area contributed by atoms with Gasteiger partial charge in [0.15, 0.2) is 4.34 Å². The first-order chi connectivity index (χ1) is 15.4. The minimum atomic E-state index is -0.639. The summed E-state index contributed by atoms with van der Waals surface area (Å²) in [6, 6.07) is 9.84. The highest BCUT2D eigenvalue weighted by Gasteiger charge is 2.24. The van der Waals surface area contributed by atoms with E-state index in [0.717, 1.165) is 29.2 Å². The van der Waals surface area contributed by atoms with Gasteiger partial charge in [-0.15, -0.1) is 10.2 Å². The predicted molar refractivity (Wildman–Crippen MR) is 119 cm³/mol. The van der Waals surface area contributed by atoms with E-state index < -0.39 is 28.7 Å². The molecule has 1 fully saturated rings. The van der Waals surface area contributed by atoms with Crippen molar-refractivity contribution in [1.29, 1.82) is 0 Å². The summed E-state index contributed by atoms with van der Waals surface area (Å²) < 4.78 is 27.2. The Kier molecular flexibility index (Phi) is 6.63. The van der Waals surface area contributed by atoms with E-state index in [4.69, 9.17) is 0 Å². The Morgan fingerprint density at radius 2 is 1.91 bits per heavy atom. The number of hydrogen-bond acceptors (Lipinski definition) is 8. The van der Waals surface area contributed by atoms with Crippen LogP contribution in [0.5, 0.6) is 0 Å². The van der Waals surface area contributed by atoms with E-state index in [1.54, 1.807) is 30.3 Å². The van der Waals surface area contributed by atoms with Crippen molar-refractivity contribution in [2.75, 3.05) is 5.32 Å². The van der Waals surface area contributed by atoms with Gasteiger partial charge in [-0.25, -0.2) is 8.78 Å². The maximum absolute atomic E-state index is 13.7. The van der Waals surface area contributed by atoms with E-state index in [9.17, 15) is 23.2 Å². The number of imide groups is 1. The van der Waals surface area contributed by atoms with Gasteiger partial charge in [0.1, 0.15) is 11.6 Å². The second kappa shape index (κ2) is 9.59. The van der Waals surface area contributed by atoms with Gasteiger partial charge in [-0.2, -0.15) is 0 Å². The van der Waals surface area contributed by atoms with Gasteiger partial charge >= 0.3 is 0 Å². The average molecular weight is 491 g/mol. The van der Waals surface area contributed by atoms with Crippen molar-refractivity contribution in [3.8, 4) is 0 Å². The van der Waals surface area contributed by atoms with Gasteiger partial charge in [-0.3, -0.25) is 25.0 Å². The summed E-state index contributed by atoms with van der Waals surface area (Å²) in [5, 5.41) is 12.5. The van der Waals surface area contributed by atoms with Crippen molar-refractivity contribution in [2.45, 2.75) is 10.1 Å². The van der Waals surface area contributed by atoms with Crippen LogP contribution in [-0.4, -0.2) is 27.3 Å². The molecule has 2 heterocycles. The molecule has 1 aliphatic rings. The summed E-state index contributed by atoms with van der Waals surface area (Å²) in [6.45, 7) is 0. The van der Waals surface area contributed by atoms with Crippen LogP contribution in [-0.2, 0) is 10.5 Å². The normalized spacial score (nSPS) is 14.6. The second-order valence-corrected chi connectivity index (χ2v) is 9.54. The van der Waals surface area contributed by atoms with Crippen molar-refractivity contribution in [3.05, 3.63) is 75.7 Å². The third kappa shape index (κ3) is 5.39. The van der Waals surface area contributed by atoms with Crippen molar-refractivity contribution >= 4 is 63.1 Å². The molecule has 2 aromatic carbocycles. The summed E-state index contributed by atoms with van der Waals surface area (Å²) in [5.74, 6) is -1.88. The number of aromatic nitrogens is 2. The van der Waals surface area contributed by atoms with E-state index in [1.807, 2.05) is 0 Å². The van der Waals surface area contributed by atoms with Gasteiger partial charge in [0.25, 0.3) is 17.1 Å². The molecule has 4 rings (SSSR count). The van der Waals surface area contributed by atoms with E-state index in [-0.39, 0.29) is 15.8 Å². The van der Waals surface area contributed by atoms with Crippen molar-refractivity contribution in [1.82, 2.24) is 15.5 Å². The summed E-state index contributed by atoms with van der Waals surface area (Å²) in [7, 11) is 0. The number of nitrogens with one attached hydrogen (secondary N) is 2. The molecule has 1 saturated heterocycles. The van der Waals surface area contributed by atoms with E-state index in [2.05, 4.69) is 20.8 Å². The number of rotatable bonds is 6. The largest absolute Gasteiger partial charge is 0.296 e. The topological polar surface area (TPSA) is 101 Å². The maximum Gasteiger partial charge on any atom is 0.290 e. The lowest BCUT2D eigenvalue weighted by Gasteiger charge is -2.02. The quantitative estimate of drug-likeness (QED) is 0.294. The smallest absolute Gasteiger partial charge is 0.290 e. The molecular weight excluding hydrogens is 478 g/mol. The van der Waals surface area contributed by atoms with Gasteiger partial charge in [0.2, 0.25) is 5.13 Å². The number of halogens is 2.